The van der Waals surface area contributed by atoms with Crippen molar-refractivity contribution in [3.63, 3.8) is 0 Å². The van der Waals surface area contributed by atoms with Crippen LogP contribution >= 0.6 is 11.8 Å². The first-order valence-electron chi connectivity index (χ1n) is 5.81. The third kappa shape index (κ3) is 2.94. The molecule has 0 saturated carbocycles. The van der Waals surface area contributed by atoms with Gasteiger partial charge in [0.05, 0.1) is 12.3 Å². The van der Waals surface area contributed by atoms with E-state index < -0.39 is 0 Å². The zero-order valence-corrected chi connectivity index (χ0v) is 10.8. The van der Waals surface area contributed by atoms with Crippen LogP contribution < -0.4 is 4.74 Å². The maximum absolute atomic E-state index is 8.99. The SMILES string of the molecule is CSCCOc1ccc2c(c1)/C(=N\O)CCC2. The van der Waals surface area contributed by atoms with Crippen molar-refractivity contribution in [3.8, 4) is 5.75 Å². The minimum atomic E-state index is 0.714. The van der Waals surface area contributed by atoms with Crippen molar-refractivity contribution in [2.45, 2.75) is 19.3 Å². The Morgan fingerprint density at radius 2 is 2.29 bits per heavy atom. The van der Waals surface area contributed by atoms with Crippen molar-refractivity contribution in [1.82, 2.24) is 0 Å². The fourth-order valence-corrected chi connectivity index (χ4v) is 2.31. The lowest BCUT2D eigenvalue weighted by Gasteiger charge is -2.17. The lowest BCUT2D eigenvalue weighted by atomic mass is 9.90. The average Bonchev–Trinajstić information content (AvgIpc) is 2.38. The van der Waals surface area contributed by atoms with E-state index in [1.165, 1.54) is 5.56 Å². The molecular weight excluding hydrogens is 234 g/mol. The van der Waals surface area contributed by atoms with Gasteiger partial charge in [-0.3, -0.25) is 0 Å². The van der Waals surface area contributed by atoms with Crippen molar-refractivity contribution in [2.75, 3.05) is 18.6 Å². The molecule has 1 aliphatic carbocycles. The molecule has 0 aromatic heterocycles. The van der Waals surface area contributed by atoms with Crippen LogP contribution in [-0.4, -0.2) is 29.5 Å². The van der Waals surface area contributed by atoms with Gasteiger partial charge in [-0.05, 0) is 43.2 Å². The third-order valence-corrected chi connectivity index (χ3v) is 3.50. The first-order valence-corrected chi connectivity index (χ1v) is 7.20. The zero-order chi connectivity index (χ0) is 12.1. The smallest absolute Gasteiger partial charge is 0.120 e. The second-order valence-electron chi connectivity index (χ2n) is 4.06. The highest BCUT2D eigenvalue weighted by Gasteiger charge is 2.16. The van der Waals surface area contributed by atoms with Crippen molar-refractivity contribution >= 4 is 17.5 Å². The molecule has 0 atom stereocenters. The van der Waals surface area contributed by atoms with E-state index in [0.717, 1.165) is 42.0 Å². The average molecular weight is 251 g/mol. The molecule has 3 nitrogen and oxygen atoms in total. The predicted octanol–water partition coefficient (Wildman–Crippen LogP) is 2.94. The molecule has 0 bridgehead atoms. The van der Waals surface area contributed by atoms with Gasteiger partial charge in [0.2, 0.25) is 0 Å². The van der Waals surface area contributed by atoms with Crippen LogP contribution in [0, 0.1) is 0 Å². The summed E-state index contributed by atoms with van der Waals surface area (Å²) < 4.78 is 5.65. The normalized spacial score (nSPS) is 16.9. The first kappa shape index (κ1) is 12.3. The number of nitrogens with zero attached hydrogens (tertiary/aromatic N) is 1. The van der Waals surface area contributed by atoms with Crippen LogP contribution in [0.5, 0.6) is 5.75 Å². The lowest BCUT2D eigenvalue weighted by molar-refractivity contribution is 0.317. The van der Waals surface area contributed by atoms with E-state index >= 15 is 0 Å². The molecule has 1 aromatic rings. The second-order valence-corrected chi connectivity index (χ2v) is 5.05. The number of benzene rings is 1. The van der Waals surface area contributed by atoms with Crippen LogP contribution in [0.3, 0.4) is 0 Å². The summed E-state index contributed by atoms with van der Waals surface area (Å²) in [5.74, 6) is 1.85. The molecule has 4 heteroatoms. The van der Waals surface area contributed by atoms with Crippen LogP contribution in [0.4, 0.5) is 0 Å². The maximum atomic E-state index is 8.99. The lowest BCUT2D eigenvalue weighted by Crippen LogP contribution is -2.12. The van der Waals surface area contributed by atoms with Gasteiger partial charge in [0.1, 0.15) is 5.75 Å². The fraction of sp³-hybridized carbons (Fsp3) is 0.462. The van der Waals surface area contributed by atoms with E-state index in [1.54, 1.807) is 11.8 Å². The molecule has 0 heterocycles. The Kier molecular flexibility index (Phi) is 4.31. The number of hydrogen-bond acceptors (Lipinski definition) is 4. The molecule has 0 spiro atoms. The van der Waals surface area contributed by atoms with Crippen molar-refractivity contribution in [1.29, 1.82) is 0 Å². The second kappa shape index (κ2) is 5.96. The van der Waals surface area contributed by atoms with Crippen molar-refractivity contribution < 1.29 is 9.94 Å². The monoisotopic (exact) mass is 251 g/mol. The molecule has 1 aliphatic rings. The molecule has 2 rings (SSSR count). The number of oxime groups is 1. The minimum Gasteiger partial charge on any atom is -0.493 e. The molecule has 1 N–H and O–H groups in total. The molecule has 0 unspecified atom stereocenters. The molecule has 0 fully saturated rings. The Labute approximate surface area is 106 Å². The van der Waals surface area contributed by atoms with Gasteiger partial charge in [0.15, 0.2) is 0 Å². The highest BCUT2D eigenvalue weighted by atomic mass is 32.2. The molecule has 0 saturated heterocycles. The van der Waals surface area contributed by atoms with Crippen LogP contribution in [0.25, 0.3) is 0 Å². The maximum Gasteiger partial charge on any atom is 0.120 e. The van der Waals surface area contributed by atoms with Crippen LogP contribution in [0.2, 0.25) is 0 Å². The Morgan fingerprint density at radius 1 is 1.41 bits per heavy atom. The van der Waals surface area contributed by atoms with Gasteiger partial charge in [-0.25, -0.2) is 0 Å². The fourth-order valence-electron chi connectivity index (χ4n) is 2.06. The first-order chi connectivity index (χ1) is 8.35. The summed E-state index contributed by atoms with van der Waals surface area (Å²) in [5.41, 5.74) is 3.07. The van der Waals surface area contributed by atoms with E-state index in [4.69, 9.17) is 9.94 Å². The van der Waals surface area contributed by atoms with Gasteiger partial charge >= 0.3 is 0 Å². The zero-order valence-electron chi connectivity index (χ0n) is 9.98. The van der Waals surface area contributed by atoms with Gasteiger partial charge in [-0.2, -0.15) is 11.8 Å². The number of fused-ring (bicyclic) bond motifs is 1. The molecular formula is C13H17NO2S. The van der Waals surface area contributed by atoms with E-state index in [-0.39, 0.29) is 0 Å². The Hall–Kier alpha value is -1.16. The molecule has 0 aliphatic heterocycles. The van der Waals surface area contributed by atoms with Crippen molar-refractivity contribution in [3.05, 3.63) is 29.3 Å². The summed E-state index contributed by atoms with van der Waals surface area (Å²) in [6, 6.07) is 6.07. The van der Waals surface area contributed by atoms with Gasteiger partial charge in [0.25, 0.3) is 0 Å². The Bertz CT molecular complexity index is 418. The van der Waals surface area contributed by atoms with E-state index in [9.17, 15) is 0 Å². The highest BCUT2D eigenvalue weighted by Crippen LogP contribution is 2.26. The Morgan fingerprint density at radius 3 is 3.06 bits per heavy atom. The number of rotatable bonds is 4. The van der Waals surface area contributed by atoms with Gasteiger partial charge in [-0.1, -0.05) is 11.2 Å². The minimum absolute atomic E-state index is 0.714. The van der Waals surface area contributed by atoms with Gasteiger partial charge in [-0.15, -0.1) is 0 Å². The van der Waals surface area contributed by atoms with Gasteiger partial charge in [0, 0.05) is 11.3 Å². The summed E-state index contributed by atoms with van der Waals surface area (Å²) in [6.45, 7) is 0.714. The predicted molar refractivity (Wildman–Crippen MR) is 71.6 cm³/mol. The summed E-state index contributed by atoms with van der Waals surface area (Å²) in [5, 5.41) is 12.4. The number of ether oxygens (including phenoxy) is 1. The third-order valence-electron chi connectivity index (χ3n) is 2.93. The molecule has 0 radical (unpaired) electrons. The molecule has 92 valence electrons. The van der Waals surface area contributed by atoms with Gasteiger partial charge < -0.3 is 9.94 Å². The molecule has 0 amide bonds. The van der Waals surface area contributed by atoms with E-state index in [2.05, 4.69) is 17.5 Å². The van der Waals surface area contributed by atoms with Crippen LogP contribution in [0.15, 0.2) is 23.4 Å². The number of aryl methyl sites for hydroxylation is 1. The van der Waals surface area contributed by atoms with Crippen molar-refractivity contribution in [2.24, 2.45) is 5.16 Å². The molecule has 1 aromatic carbocycles. The topological polar surface area (TPSA) is 41.8 Å². The highest BCUT2D eigenvalue weighted by molar-refractivity contribution is 7.98. The summed E-state index contributed by atoms with van der Waals surface area (Å²) >= 11 is 1.77. The van der Waals surface area contributed by atoms with Crippen LogP contribution in [-0.2, 0) is 6.42 Å². The van der Waals surface area contributed by atoms with E-state index in [1.807, 2.05) is 12.1 Å². The quantitative estimate of drug-likeness (QED) is 0.508. The van der Waals surface area contributed by atoms with E-state index in [0.29, 0.717) is 6.61 Å². The summed E-state index contributed by atoms with van der Waals surface area (Å²) in [7, 11) is 0. The molecule has 17 heavy (non-hydrogen) atoms. The summed E-state index contributed by atoms with van der Waals surface area (Å²) in [4.78, 5) is 0. The van der Waals surface area contributed by atoms with Crippen LogP contribution in [0.1, 0.15) is 24.0 Å². The standard InChI is InChI=1S/C13H17NO2S/c1-17-8-7-16-11-6-5-10-3-2-4-13(14-15)12(10)9-11/h5-6,9,15H,2-4,7-8H2,1H3/b14-13-. The number of thioether (sulfide) groups is 1. The largest absolute Gasteiger partial charge is 0.493 e. The Balaban J connectivity index is 2.16. The number of hydrogen-bond donors (Lipinski definition) is 1. The summed E-state index contributed by atoms with van der Waals surface area (Å²) in [6.07, 6.45) is 5.02.